The van der Waals surface area contributed by atoms with E-state index in [1.54, 1.807) is 31.3 Å². The van der Waals surface area contributed by atoms with Crippen LogP contribution in [0.25, 0.3) is 0 Å². The molecule has 110 valence electrons. The molecule has 0 saturated carbocycles. The first kappa shape index (κ1) is 15.1. The number of carbonyl (C=O) groups excluding carboxylic acids is 3. The molecule has 0 bridgehead atoms. The Morgan fingerprint density at radius 2 is 1.81 bits per heavy atom. The van der Waals surface area contributed by atoms with Gasteiger partial charge in [0, 0.05) is 25.7 Å². The second-order valence-electron chi connectivity index (χ2n) is 4.45. The maximum atomic E-state index is 12.3. The summed E-state index contributed by atoms with van der Waals surface area (Å²) in [5.74, 6) is -1.11. The van der Waals surface area contributed by atoms with Crippen molar-refractivity contribution < 1.29 is 14.4 Å². The molecule has 1 heterocycles. The Hall–Kier alpha value is -2.34. The zero-order valence-electron chi connectivity index (χ0n) is 11.4. The van der Waals surface area contributed by atoms with E-state index in [1.165, 1.54) is 0 Å². The number of rotatable bonds is 5. The molecule has 1 aliphatic heterocycles. The normalized spacial score (nSPS) is 13.1. The first-order valence-electron chi connectivity index (χ1n) is 6.27. The Bertz CT molecular complexity index is 595. The second kappa shape index (κ2) is 5.97. The number of halogens is 1. The third-order valence-corrected chi connectivity index (χ3v) is 3.39. The van der Waals surface area contributed by atoms with Crippen molar-refractivity contribution in [1.82, 2.24) is 15.3 Å². The van der Waals surface area contributed by atoms with Crippen molar-refractivity contribution in [3.8, 4) is 0 Å². The lowest BCUT2D eigenvalue weighted by molar-refractivity contribution is 0.0228. The molecule has 0 aliphatic carbocycles. The summed E-state index contributed by atoms with van der Waals surface area (Å²) >= 11 is 5.51. The monoisotopic (exact) mass is 307 g/mol. The van der Waals surface area contributed by atoms with Gasteiger partial charge in [-0.25, -0.2) is 5.01 Å². The molecule has 7 heteroatoms. The van der Waals surface area contributed by atoms with Crippen molar-refractivity contribution in [2.24, 2.45) is 0 Å². The molecule has 0 atom stereocenters. The van der Waals surface area contributed by atoms with Crippen molar-refractivity contribution in [3.63, 3.8) is 0 Å². The third-order valence-electron chi connectivity index (χ3n) is 3.20. The Kier molecular flexibility index (Phi) is 4.28. The third kappa shape index (κ3) is 2.75. The van der Waals surface area contributed by atoms with Gasteiger partial charge in [0.1, 0.15) is 0 Å². The number of hydrogen-bond acceptors (Lipinski definition) is 4. The minimum atomic E-state index is -0.895. The highest BCUT2D eigenvalue weighted by Crippen LogP contribution is 2.25. The van der Waals surface area contributed by atoms with Crippen LogP contribution in [0.5, 0.6) is 0 Å². The maximum absolute atomic E-state index is 12.3. The molecule has 6 nitrogen and oxygen atoms in total. The van der Waals surface area contributed by atoms with E-state index in [0.29, 0.717) is 12.1 Å². The largest absolute Gasteiger partial charge is 0.392 e. The van der Waals surface area contributed by atoms with Gasteiger partial charge in [0.25, 0.3) is 11.8 Å². The summed E-state index contributed by atoms with van der Waals surface area (Å²) in [5, 5.41) is 3.64. The van der Waals surface area contributed by atoms with E-state index in [-0.39, 0.29) is 17.7 Å². The van der Waals surface area contributed by atoms with Crippen LogP contribution in [-0.4, -0.2) is 40.8 Å². The molecule has 0 radical (unpaired) electrons. The summed E-state index contributed by atoms with van der Waals surface area (Å²) in [6.45, 7) is 3.80. The molecule has 0 saturated heterocycles. The molecule has 2 rings (SSSR count). The molecular formula is C14H14ClN3O3. The van der Waals surface area contributed by atoms with Crippen LogP contribution >= 0.6 is 11.6 Å². The van der Waals surface area contributed by atoms with Crippen LogP contribution < -0.4 is 5.32 Å². The molecule has 3 amide bonds. The van der Waals surface area contributed by atoms with Crippen molar-refractivity contribution in [2.45, 2.75) is 6.42 Å². The predicted molar refractivity (Wildman–Crippen MR) is 77.7 cm³/mol. The Morgan fingerprint density at radius 1 is 1.29 bits per heavy atom. The minimum absolute atomic E-state index is 0.0769. The summed E-state index contributed by atoms with van der Waals surface area (Å²) < 4.78 is 0. The number of fused-ring (bicyclic) bond motifs is 1. The number of nitrogens with zero attached hydrogens (tertiary/aromatic N) is 2. The van der Waals surface area contributed by atoms with E-state index >= 15 is 0 Å². The van der Waals surface area contributed by atoms with E-state index in [2.05, 4.69) is 11.9 Å². The summed E-state index contributed by atoms with van der Waals surface area (Å²) in [7, 11) is 1.69. The second-order valence-corrected chi connectivity index (χ2v) is 4.77. The van der Waals surface area contributed by atoms with Crippen LogP contribution in [0.2, 0.25) is 0 Å². The summed E-state index contributed by atoms with van der Waals surface area (Å²) in [6, 6.07) is 6.39. The predicted octanol–water partition coefficient (Wildman–Crippen LogP) is 1.98. The van der Waals surface area contributed by atoms with Crippen molar-refractivity contribution in [3.05, 3.63) is 47.7 Å². The number of hydrogen-bond donors (Lipinski definition) is 1. The van der Waals surface area contributed by atoms with Gasteiger partial charge in [0.15, 0.2) is 0 Å². The fourth-order valence-electron chi connectivity index (χ4n) is 2.03. The van der Waals surface area contributed by atoms with Crippen molar-refractivity contribution in [2.75, 3.05) is 13.6 Å². The summed E-state index contributed by atoms with van der Waals surface area (Å²) in [4.78, 5) is 36.1. The van der Waals surface area contributed by atoms with Gasteiger partial charge >= 0.3 is 5.37 Å². The Morgan fingerprint density at radius 3 is 2.24 bits per heavy atom. The van der Waals surface area contributed by atoms with Gasteiger partial charge < -0.3 is 5.32 Å². The fraction of sp³-hybridized carbons (Fsp3) is 0.214. The smallest absolute Gasteiger partial charge is 0.335 e. The lowest BCUT2D eigenvalue weighted by Gasteiger charge is -2.27. The van der Waals surface area contributed by atoms with Crippen molar-refractivity contribution in [1.29, 1.82) is 0 Å². The first-order chi connectivity index (χ1) is 9.97. The average Bonchev–Trinajstić information content (AvgIpc) is 2.72. The molecule has 0 fully saturated rings. The number of amides is 3. The van der Waals surface area contributed by atoms with Crippen molar-refractivity contribution >= 4 is 28.8 Å². The quantitative estimate of drug-likeness (QED) is 0.513. The molecular weight excluding hydrogens is 294 g/mol. The van der Waals surface area contributed by atoms with E-state index in [0.717, 1.165) is 10.0 Å². The number of hydrazine groups is 1. The zero-order chi connectivity index (χ0) is 15.6. The number of nitrogens with one attached hydrogen (secondary N) is 1. The molecule has 1 aromatic rings. The minimum Gasteiger partial charge on any atom is -0.392 e. The van der Waals surface area contributed by atoms with E-state index in [1.807, 2.05) is 0 Å². The molecule has 1 aromatic carbocycles. The topological polar surface area (TPSA) is 69.7 Å². The van der Waals surface area contributed by atoms with Crippen LogP contribution in [0.15, 0.2) is 36.5 Å². The number of benzene rings is 1. The van der Waals surface area contributed by atoms with Gasteiger partial charge in [-0.2, -0.15) is 5.01 Å². The van der Waals surface area contributed by atoms with Crippen LogP contribution in [0.1, 0.15) is 27.1 Å². The molecule has 1 N–H and O–H groups in total. The highest BCUT2D eigenvalue weighted by Gasteiger charge is 2.40. The van der Waals surface area contributed by atoms with E-state index < -0.39 is 17.2 Å². The van der Waals surface area contributed by atoms with Gasteiger partial charge in [0.2, 0.25) is 0 Å². The van der Waals surface area contributed by atoms with Gasteiger partial charge in [-0.1, -0.05) is 18.7 Å². The lowest BCUT2D eigenvalue weighted by Crippen LogP contribution is -2.48. The van der Waals surface area contributed by atoms with Gasteiger partial charge in [-0.3, -0.25) is 14.4 Å². The standard InChI is InChI=1S/C14H14ClN3O3/c1-9(16-2)7-8-17(14(15)21)18-12(19)10-5-3-4-6-11(10)13(18)20/h3-6,16H,1,7-8H2,2H3. The highest BCUT2D eigenvalue weighted by molar-refractivity contribution is 6.63. The van der Waals surface area contributed by atoms with Crippen LogP contribution in [-0.2, 0) is 0 Å². The summed E-state index contributed by atoms with van der Waals surface area (Å²) in [6.07, 6.45) is 0.363. The van der Waals surface area contributed by atoms with E-state index in [4.69, 9.17) is 11.6 Å². The lowest BCUT2D eigenvalue weighted by atomic mass is 10.1. The Balaban J connectivity index is 2.27. The average molecular weight is 308 g/mol. The SMILES string of the molecule is C=C(CCN(C(=O)Cl)N1C(=O)c2ccccc2C1=O)NC. The Labute approximate surface area is 126 Å². The van der Waals surface area contributed by atoms with Gasteiger partial charge in [-0.05, 0) is 23.7 Å². The van der Waals surface area contributed by atoms with E-state index in [9.17, 15) is 14.4 Å². The van der Waals surface area contributed by atoms with Crippen LogP contribution in [0, 0.1) is 0 Å². The number of imide groups is 1. The van der Waals surface area contributed by atoms with Gasteiger partial charge in [-0.15, -0.1) is 0 Å². The van der Waals surface area contributed by atoms with Crippen LogP contribution in [0.3, 0.4) is 0 Å². The number of carbonyl (C=O) groups is 3. The van der Waals surface area contributed by atoms with Gasteiger partial charge in [0.05, 0.1) is 11.1 Å². The molecule has 0 unspecified atom stereocenters. The molecule has 1 aliphatic rings. The maximum Gasteiger partial charge on any atom is 0.335 e. The van der Waals surface area contributed by atoms with Crippen LogP contribution in [0.4, 0.5) is 4.79 Å². The first-order valence-corrected chi connectivity index (χ1v) is 6.65. The molecule has 21 heavy (non-hydrogen) atoms. The zero-order valence-corrected chi connectivity index (χ0v) is 12.2. The summed E-state index contributed by atoms with van der Waals surface area (Å²) in [5.41, 5.74) is 1.19. The molecule has 0 spiro atoms. The fourth-order valence-corrected chi connectivity index (χ4v) is 2.19. The molecule has 0 aromatic heterocycles. The highest BCUT2D eigenvalue weighted by atomic mass is 35.5.